The van der Waals surface area contributed by atoms with Gasteiger partial charge in [-0.05, 0) is 50.7 Å². The first kappa shape index (κ1) is 16.5. The molecule has 0 saturated carbocycles. The summed E-state index contributed by atoms with van der Waals surface area (Å²) in [5.41, 5.74) is 9.05. The van der Waals surface area contributed by atoms with Gasteiger partial charge in [0.15, 0.2) is 0 Å². The van der Waals surface area contributed by atoms with Crippen LogP contribution in [0.25, 0.3) is 16.8 Å². The summed E-state index contributed by atoms with van der Waals surface area (Å²) in [5, 5.41) is 0. The van der Waals surface area contributed by atoms with Gasteiger partial charge in [0.25, 0.3) is 5.65 Å². The van der Waals surface area contributed by atoms with Crippen LogP contribution in [0.2, 0.25) is 0 Å². The van der Waals surface area contributed by atoms with E-state index >= 15 is 0 Å². The predicted molar refractivity (Wildman–Crippen MR) is 114 cm³/mol. The molecule has 3 heterocycles. The number of benzene rings is 2. The third-order valence-corrected chi connectivity index (χ3v) is 6.15. The molecule has 1 aliphatic heterocycles. The van der Waals surface area contributed by atoms with Gasteiger partial charge < -0.3 is 12.6 Å². The highest BCUT2D eigenvalue weighted by atomic mass is 32.2. The quantitative estimate of drug-likeness (QED) is 0.358. The van der Waals surface area contributed by atoms with Gasteiger partial charge in [0.1, 0.15) is 0 Å². The van der Waals surface area contributed by atoms with Crippen LogP contribution in [-0.2, 0) is 24.8 Å². The van der Waals surface area contributed by atoms with Gasteiger partial charge in [-0.2, -0.15) is 0 Å². The SMILES string of the molecule is [S-]C1=Nc2cc3c(cc2CS1)Cc1ccccc1-3.c1c[nH+]c2cccn2c1. The Hall–Kier alpha value is -2.63. The number of aromatic amines is 1. The molecule has 2 aromatic heterocycles. The predicted octanol–water partition coefficient (Wildman–Crippen LogP) is 4.79. The third kappa shape index (κ3) is 3.13. The second-order valence-electron chi connectivity index (χ2n) is 6.59. The number of thioether (sulfide) groups is 1. The molecule has 0 spiro atoms. The number of aromatic nitrogens is 2. The molecule has 6 rings (SSSR count). The first-order valence-corrected chi connectivity index (χ1v) is 10.2. The van der Waals surface area contributed by atoms with Crippen LogP contribution < -0.4 is 4.98 Å². The van der Waals surface area contributed by atoms with Crippen molar-refractivity contribution >= 4 is 40.1 Å². The highest BCUT2D eigenvalue weighted by Gasteiger charge is 2.20. The normalized spacial score (nSPS) is 13.9. The summed E-state index contributed by atoms with van der Waals surface area (Å²) >= 11 is 6.84. The number of nitrogens with one attached hydrogen (secondary N) is 1. The van der Waals surface area contributed by atoms with E-state index in [0.29, 0.717) is 0 Å². The van der Waals surface area contributed by atoms with E-state index < -0.39 is 0 Å². The van der Waals surface area contributed by atoms with Gasteiger partial charge in [-0.15, -0.1) is 11.8 Å². The van der Waals surface area contributed by atoms with Crippen molar-refractivity contribution in [1.82, 2.24) is 4.40 Å². The van der Waals surface area contributed by atoms with Crippen molar-refractivity contribution in [3.8, 4) is 11.1 Å². The molecule has 0 radical (unpaired) electrons. The Morgan fingerprint density at radius 3 is 2.74 bits per heavy atom. The van der Waals surface area contributed by atoms with E-state index in [0.717, 1.165) is 27.9 Å². The minimum atomic E-state index is 0.758. The van der Waals surface area contributed by atoms with E-state index in [1.54, 1.807) is 11.8 Å². The van der Waals surface area contributed by atoms with Crippen molar-refractivity contribution in [1.29, 1.82) is 0 Å². The minimum absolute atomic E-state index is 0.758. The lowest BCUT2D eigenvalue weighted by Gasteiger charge is -2.19. The molecule has 0 atom stereocenters. The number of nitrogens with zero attached hydrogens (tertiary/aromatic N) is 2. The van der Waals surface area contributed by atoms with E-state index in [1.165, 1.54) is 27.8 Å². The summed E-state index contributed by atoms with van der Waals surface area (Å²) in [6.07, 6.45) is 6.97. The van der Waals surface area contributed by atoms with Crippen LogP contribution in [-0.4, -0.2) is 8.78 Å². The molecule has 5 heteroatoms. The van der Waals surface area contributed by atoms with Gasteiger partial charge in [-0.1, -0.05) is 30.3 Å². The number of rotatable bonds is 0. The number of hydrogen-bond acceptors (Lipinski definition) is 3. The Bertz CT molecular complexity index is 1150. The fourth-order valence-electron chi connectivity index (χ4n) is 3.63. The number of hydrogen-bond donors (Lipinski definition) is 0. The average molecular weight is 388 g/mol. The molecule has 0 saturated heterocycles. The second-order valence-corrected chi connectivity index (χ2v) is 8.20. The summed E-state index contributed by atoms with van der Waals surface area (Å²) in [7, 11) is 0. The third-order valence-electron chi connectivity index (χ3n) is 4.91. The fourth-order valence-corrected chi connectivity index (χ4v) is 4.58. The molecule has 2 aliphatic rings. The largest absolute Gasteiger partial charge is 0.753 e. The number of aliphatic imine (C=N–C) groups is 1. The van der Waals surface area contributed by atoms with Crippen molar-refractivity contribution in [2.45, 2.75) is 12.2 Å². The smallest absolute Gasteiger partial charge is 0.283 e. The molecule has 27 heavy (non-hydrogen) atoms. The minimum Gasteiger partial charge on any atom is -0.753 e. The molecule has 1 aliphatic carbocycles. The molecule has 132 valence electrons. The summed E-state index contributed by atoms with van der Waals surface area (Å²) in [6, 6.07) is 19.1. The van der Waals surface area contributed by atoms with Gasteiger partial charge in [0.05, 0.1) is 24.3 Å². The zero-order valence-corrected chi connectivity index (χ0v) is 16.2. The number of H-pyrrole nitrogens is 1. The van der Waals surface area contributed by atoms with Crippen molar-refractivity contribution in [2.24, 2.45) is 4.99 Å². The Kier molecular flexibility index (Phi) is 4.19. The van der Waals surface area contributed by atoms with E-state index in [-0.39, 0.29) is 0 Å². The summed E-state index contributed by atoms with van der Waals surface area (Å²) in [5.74, 6) is 0.960. The number of fused-ring (bicyclic) bond motifs is 5. The van der Waals surface area contributed by atoms with E-state index in [1.807, 2.05) is 41.2 Å². The zero-order chi connectivity index (χ0) is 18.2. The lowest BCUT2D eigenvalue weighted by molar-refractivity contribution is -0.350. The van der Waals surface area contributed by atoms with Gasteiger partial charge >= 0.3 is 0 Å². The van der Waals surface area contributed by atoms with Crippen LogP contribution in [0.4, 0.5) is 5.69 Å². The molecular formula is C22H17N3S2. The van der Waals surface area contributed by atoms with E-state index in [9.17, 15) is 0 Å². The van der Waals surface area contributed by atoms with Crippen molar-refractivity contribution in [3.63, 3.8) is 0 Å². The zero-order valence-electron chi connectivity index (χ0n) is 14.6. The first-order chi connectivity index (χ1) is 13.3. The Labute approximate surface area is 167 Å². The van der Waals surface area contributed by atoms with Crippen LogP contribution in [0.1, 0.15) is 16.7 Å². The molecule has 3 nitrogen and oxygen atoms in total. The molecule has 2 aromatic carbocycles. The first-order valence-electron chi connectivity index (χ1n) is 8.84. The summed E-state index contributed by atoms with van der Waals surface area (Å²) < 4.78 is 2.79. The maximum atomic E-state index is 5.18. The summed E-state index contributed by atoms with van der Waals surface area (Å²) in [6.45, 7) is 0. The van der Waals surface area contributed by atoms with Gasteiger partial charge in [-0.3, -0.25) is 4.99 Å². The lowest BCUT2D eigenvalue weighted by Crippen LogP contribution is -2.03. The van der Waals surface area contributed by atoms with Gasteiger partial charge in [-0.25, -0.2) is 9.38 Å². The summed E-state index contributed by atoms with van der Waals surface area (Å²) in [4.78, 5) is 7.58. The van der Waals surface area contributed by atoms with Gasteiger partial charge in [0, 0.05) is 17.9 Å². The second kappa shape index (κ2) is 6.83. The monoisotopic (exact) mass is 387 g/mol. The highest BCUT2D eigenvalue weighted by molar-refractivity contribution is 8.26. The molecule has 0 fully saturated rings. The fraction of sp³-hybridized carbons (Fsp3) is 0.0909. The Morgan fingerprint density at radius 2 is 1.81 bits per heavy atom. The van der Waals surface area contributed by atoms with Crippen molar-refractivity contribution in [3.05, 3.63) is 89.9 Å². The average Bonchev–Trinajstić information content (AvgIpc) is 3.31. The lowest BCUT2D eigenvalue weighted by atomic mass is 10.0. The van der Waals surface area contributed by atoms with Crippen LogP contribution >= 0.6 is 11.8 Å². The molecule has 1 N–H and O–H groups in total. The maximum absolute atomic E-state index is 5.18. The van der Waals surface area contributed by atoms with Crippen LogP contribution in [0.3, 0.4) is 0 Å². The van der Waals surface area contributed by atoms with Gasteiger partial charge in [0.2, 0.25) is 0 Å². The molecule has 0 bridgehead atoms. The maximum Gasteiger partial charge on any atom is 0.283 e. The highest BCUT2D eigenvalue weighted by Crippen LogP contribution is 2.42. The molecular weight excluding hydrogens is 370 g/mol. The van der Waals surface area contributed by atoms with Crippen LogP contribution in [0, 0.1) is 0 Å². The topological polar surface area (TPSA) is 30.9 Å². The van der Waals surface area contributed by atoms with Crippen molar-refractivity contribution in [2.75, 3.05) is 0 Å². The Morgan fingerprint density at radius 1 is 0.926 bits per heavy atom. The Balaban J connectivity index is 0.000000149. The van der Waals surface area contributed by atoms with Crippen LogP contribution in [0.5, 0.6) is 0 Å². The van der Waals surface area contributed by atoms with E-state index in [2.05, 4.69) is 46.4 Å². The van der Waals surface area contributed by atoms with Crippen molar-refractivity contribution < 1.29 is 4.98 Å². The van der Waals surface area contributed by atoms with E-state index in [4.69, 9.17) is 12.6 Å². The van der Waals surface area contributed by atoms with Crippen LogP contribution in [0.15, 0.2) is 78.2 Å². The standard InChI is InChI=1S/C15H11NS2.C7H6N2/c17-15-16-14-7-13-10(6-11(14)8-18-15)5-9-3-1-2-4-12(9)13;1-3-7-8-4-2-6-9(7)5-1/h1-4,6-7H,5,8H2,(H,16,17);1-6H. The molecule has 0 amide bonds. The molecule has 0 unspecified atom stereocenters. The molecule has 4 aromatic rings.